The molecule has 0 aliphatic heterocycles. The third kappa shape index (κ3) is 3.71. The second-order valence-corrected chi connectivity index (χ2v) is 6.09. The molecule has 20 heavy (non-hydrogen) atoms. The summed E-state index contributed by atoms with van der Waals surface area (Å²) in [5.74, 6) is -0.0747. The van der Waals surface area contributed by atoms with Gasteiger partial charge in [-0.1, -0.05) is 6.92 Å². The fourth-order valence-corrected chi connectivity index (χ4v) is 2.94. The lowest BCUT2D eigenvalue weighted by Gasteiger charge is -2.14. The van der Waals surface area contributed by atoms with Gasteiger partial charge in [0.2, 0.25) is 10.0 Å². The summed E-state index contributed by atoms with van der Waals surface area (Å²) in [6, 6.07) is 4.01. The summed E-state index contributed by atoms with van der Waals surface area (Å²) in [5.41, 5.74) is 0.182. The second kappa shape index (κ2) is 6.71. The molecule has 0 fully saturated rings. The number of amides is 1. The summed E-state index contributed by atoms with van der Waals surface area (Å²) < 4.78 is 32.0. The van der Waals surface area contributed by atoms with Gasteiger partial charge in [0, 0.05) is 13.1 Å². The Morgan fingerprint density at radius 1 is 1.40 bits per heavy atom. The van der Waals surface area contributed by atoms with Crippen molar-refractivity contribution in [2.75, 3.05) is 14.2 Å². The van der Waals surface area contributed by atoms with Gasteiger partial charge in [0.1, 0.15) is 5.75 Å². The van der Waals surface area contributed by atoms with Crippen molar-refractivity contribution in [1.29, 1.82) is 0 Å². The molecular formula is C13H20N2O4S. The lowest BCUT2D eigenvalue weighted by Crippen LogP contribution is -2.32. The van der Waals surface area contributed by atoms with Crippen molar-refractivity contribution in [3.8, 4) is 5.75 Å². The number of ether oxygens (including phenoxy) is 1. The van der Waals surface area contributed by atoms with Crippen molar-refractivity contribution < 1.29 is 17.9 Å². The molecule has 1 aromatic carbocycles. The van der Waals surface area contributed by atoms with Gasteiger partial charge in [-0.2, -0.15) is 0 Å². The molecule has 0 saturated carbocycles. The Hall–Kier alpha value is -1.60. The lowest BCUT2D eigenvalue weighted by molar-refractivity contribution is 0.0960. The Bertz CT molecular complexity index is 584. The van der Waals surface area contributed by atoms with E-state index in [-0.39, 0.29) is 16.5 Å². The maximum Gasteiger partial charge on any atom is 0.254 e. The number of carbonyl (C=O) groups excluding carboxylic acids is 1. The van der Waals surface area contributed by atoms with Gasteiger partial charge >= 0.3 is 0 Å². The quantitative estimate of drug-likeness (QED) is 0.825. The van der Waals surface area contributed by atoms with E-state index >= 15 is 0 Å². The molecule has 0 heterocycles. The monoisotopic (exact) mass is 300 g/mol. The predicted molar refractivity (Wildman–Crippen MR) is 76.5 cm³/mol. The molecule has 6 nitrogen and oxygen atoms in total. The van der Waals surface area contributed by atoms with Crippen molar-refractivity contribution >= 4 is 15.9 Å². The molecule has 0 aromatic heterocycles. The summed E-state index contributed by atoms with van der Waals surface area (Å²) in [5, 5.41) is 2.45. The minimum absolute atomic E-state index is 0.0391. The van der Waals surface area contributed by atoms with E-state index in [1.54, 1.807) is 6.92 Å². The maximum atomic E-state index is 12.2. The van der Waals surface area contributed by atoms with Crippen LogP contribution in [0.4, 0.5) is 0 Å². The van der Waals surface area contributed by atoms with Crippen molar-refractivity contribution in [3.05, 3.63) is 23.8 Å². The summed E-state index contributed by atoms with van der Waals surface area (Å²) in [6.45, 7) is 3.66. The van der Waals surface area contributed by atoms with E-state index in [9.17, 15) is 13.2 Å². The van der Waals surface area contributed by atoms with E-state index in [2.05, 4.69) is 10.0 Å². The van der Waals surface area contributed by atoms with Gasteiger partial charge in [0.15, 0.2) is 0 Å². The molecule has 1 rings (SSSR count). The first-order chi connectivity index (χ1) is 9.35. The number of hydrogen-bond donors (Lipinski definition) is 2. The fourth-order valence-electron chi connectivity index (χ4n) is 1.58. The Kier molecular flexibility index (Phi) is 5.52. The topological polar surface area (TPSA) is 84.5 Å². The van der Waals surface area contributed by atoms with E-state index in [1.807, 2.05) is 6.92 Å². The molecule has 1 atom stereocenters. The number of methoxy groups -OCH3 is 1. The standard InChI is InChI=1S/C13H20N2O4S/c1-5-9(2)15-20(17,18)10-6-7-12(19-4)11(8-10)13(16)14-3/h6-9,15H,5H2,1-4H3,(H,14,16)/t9-/m0/s1. The van der Waals surface area contributed by atoms with Crippen LogP contribution in [0, 0.1) is 0 Å². The van der Waals surface area contributed by atoms with E-state index in [0.29, 0.717) is 12.2 Å². The minimum Gasteiger partial charge on any atom is -0.496 e. The number of nitrogens with one attached hydrogen (secondary N) is 2. The van der Waals surface area contributed by atoms with Crippen LogP contribution in [0.1, 0.15) is 30.6 Å². The van der Waals surface area contributed by atoms with Crippen LogP contribution in [0.2, 0.25) is 0 Å². The highest BCUT2D eigenvalue weighted by Crippen LogP contribution is 2.22. The SMILES string of the molecule is CC[C@H](C)NS(=O)(=O)c1ccc(OC)c(C(=O)NC)c1. The largest absolute Gasteiger partial charge is 0.496 e. The van der Waals surface area contributed by atoms with E-state index in [4.69, 9.17) is 4.74 Å². The highest BCUT2D eigenvalue weighted by Gasteiger charge is 2.20. The lowest BCUT2D eigenvalue weighted by atomic mass is 10.2. The second-order valence-electron chi connectivity index (χ2n) is 4.37. The zero-order chi connectivity index (χ0) is 15.3. The molecule has 1 aromatic rings. The zero-order valence-electron chi connectivity index (χ0n) is 12.1. The molecule has 0 saturated heterocycles. The van der Waals surface area contributed by atoms with Gasteiger partial charge in [-0.05, 0) is 31.5 Å². The molecule has 1 amide bonds. The van der Waals surface area contributed by atoms with Crippen molar-refractivity contribution in [3.63, 3.8) is 0 Å². The normalized spacial score (nSPS) is 12.8. The Labute approximate surface area is 119 Å². The molecule has 2 N–H and O–H groups in total. The molecule has 0 unspecified atom stereocenters. The summed E-state index contributed by atoms with van der Waals surface area (Å²) in [6.07, 6.45) is 0.678. The van der Waals surface area contributed by atoms with Crippen LogP contribution < -0.4 is 14.8 Å². The third-order valence-corrected chi connectivity index (χ3v) is 4.51. The van der Waals surface area contributed by atoms with Crippen LogP contribution in [0.3, 0.4) is 0 Å². The Morgan fingerprint density at radius 3 is 2.55 bits per heavy atom. The van der Waals surface area contributed by atoms with Crippen LogP contribution in [0.5, 0.6) is 5.75 Å². The van der Waals surface area contributed by atoms with Crippen LogP contribution >= 0.6 is 0 Å². The van der Waals surface area contributed by atoms with Gasteiger partial charge in [0.25, 0.3) is 5.91 Å². The highest BCUT2D eigenvalue weighted by atomic mass is 32.2. The smallest absolute Gasteiger partial charge is 0.254 e. The number of hydrogen-bond acceptors (Lipinski definition) is 4. The average molecular weight is 300 g/mol. The third-order valence-electron chi connectivity index (χ3n) is 2.92. The first-order valence-corrected chi connectivity index (χ1v) is 7.76. The molecule has 7 heteroatoms. The first-order valence-electron chi connectivity index (χ1n) is 6.28. The number of rotatable bonds is 6. The van der Waals surface area contributed by atoms with Crippen LogP contribution in [-0.4, -0.2) is 34.5 Å². The number of carbonyl (C=O) groups is 1. The zero-order valence-corrected chi connectivity index (χ0v) is 12.9. The maximum absolute atomic E-state index is 12.2. The number of benzene rings is 1. The van der Waals surface area contributed by atoms with E-state index in [1.165, 1.54) is 32.4 Å². The Balaban J connectivity index is 3.24. The van der Waals surface area contributed by atoms with Crippen LogP contribution in [0.15, 0.2) is 23.1 Å². The van der Waals surface area contributed by atoms with Crippen molar-refractivity contribution in [1.82, 2.24) is 10.0 Å². The molecular weight excluding hydrogens is 280 g/mol. The number of sulfonamides is 1. The molecule has 0 spiro atoms. The molecule has 0 aliphatic rings. The van der Waals surface area contributed by atoms with Crippen LogP contribution in [-0.2, 0) is 10.0 Å². The van der Waals surface area contributed by atoms with Gasteiger partial charge in [-0.25, -0.2) is 13.1 Å². The van der Waals surface area contributed by atoms with E-state index < -0.39 is 15.9 Å². The average Bonchev–Trinajstić information content (AvgIpc) is 2.44. The van der Waals surface area contributed by atoms with Gasteiger partial charge in [-0.15, -0.1) is 0 Å². The van der Waals surface area contributed by atoms with E-state index in [0.717, 1.165) is 0 Å². The molecule has 0 aliphatic carbocycles. The van der Waals surface area contributed by atoms with Gasteiger partial charge < -0.3 is 10.1 Å². The van der Waals surface area contributed by atoms with Crippen molar-refractivity contribution in [2.45, 2.75) is 31.2 Å². The van der Waals surface area contributed by atoms with Gasteiger partial charge in [0.05, 0.1) is 17.6 Å². The Morgan fingerprint density at radius 2 is 2.05 bits per heavy atom. The van der Waals surface area contributed by atoms with Gasteiger partial charge in [-0.3, -0.25) is 4.79 Å². The van der Waals surface area contributed by atoms with Crippen LogP contribution in [0.25, 0.3) is 0 Å². The molecule has 0 bridgehead atoms. The summed E-state index contributed by atoms with van der Waals surface area (Å²) in [7, 11) is -0.750. The fraction of sp³-hybridized carbons (Fsp3) is 0.462. The molecule has 0 radical (unpaired) electrons. The first kappa shape index (κ1) is 16.5. The highest BCUT2D eigenvalue weighted by molar-refractivity contribution is 7.89. The summed E-state index contributed by atoms with van der Waals surface area (Å²) >= 11 is 0. The van der Waals surface area contributed by atoms with Crippen molar-refractivity contribution in [2.24, 2.45) is 0 Å². The molecule has 112 valence electrons. The summed E-state index contributed by atoms with van der Waals surface area (Å²) in [4.78, 5) is 11.8. The minimum atomic E-state index is -3.65. The predicted octanol–water partition coefficient (Wildman–Crippen LogP) is 1.13.